The lowest BCUT2D eigenvalue weighted by molar-refractivity contribution is 0.0600. The van der Waals surface area contributed by atoms with Gasteiger partial charge in [-0.2, -0.15) is 0 Å². The zero-order valence-electron chi connectivity index (χ0n) is 14.6. The fourth-order valence-electron chi connectivity index (χ4n) is 2.80. The smallest absolute Gasteiger partial charge is 0.337 e. The van der Waals surface area contributed by atoms with E-state index in [1.165, 1.54) is 7.11 Å². The van der Waals surface area contributed by atoms with Crippen LogP contribution in [0.5, 0.6) is 0 Å². The number of anilines is 2. The summed E-state index contributed by atoms with van der Waals surface area (Å²) in [5.41, 5.74) is 1.80. The highest BCUT2D eigenvalue weighted by atomic mass is 35.5. The Morgan fingerprint density at radius 2 is 1.92 bits per heavy atom. The highest BCUT2D eigenvalue weighted by molar-refractivity contribution is 6.33. The van der Waals surface area contributed by atoms with E-state index in [1.54, 1.807) is 36.1 Å². The molecule has 8 heteroatoms. The topological polar surface area (TPSA) is 84.4 Å². The third-order valence-corrected chi connectivity index (χ3v) is 4.43. The van der Waals surface area contributed by atoms with Crippen LogP contribution in [0.1, 0.15) is 39.4 Å². The van der Waals surface area contributed by atoms with Gasteiger partial charge in [0.2, 0.25) is 5.95 Å². The number of hydrogen-bond acceptors (Lipinski definition) is 6. The second-order valence-electron chi connectivity index (χ2n) is 6.03. The number of ether oxygens (including phenoxy) is 1. The third-order valence-electron chi connectivity index (χ3n) is 4.10. The van der Waals surface area contributed by atoms with Crippen LogP contribution in [0.2, 0.25) is 5.02 Å². The molecule has 0 saturated carbocycles. The third kappa shape index (κ3) is 3.94. The standard InChI is InChI=1S/C18H19ClN4O3/c1-11-9-15(16(24)23-7-3-4-8-23)22-18(20-11)21-14-10-12(17(25)26-2)5-6-13(14)19/h5-6,9-10H,3-4,7-8H2,1-2H3,(H,20,21,22). The first kappa shape index (κ1) is 18.1. The molecule has 7 nitrogen and oxygen atoms in total. The predicted octanol–water partition coefficient (Wildman–Crippen LogP) is 3.20. The Morgan fingerprint density at radius 1 is 1.19 bits per heavy atom. The van der Waals surface area contributed by atoms with Crippen molar-refractivity contribution >= 4 is 35.1 Å². The molecule has 1 aromatic heterocycles. The van der Waals surface area contributed by atoms with Crippen LogP contribution < -0.4 is 5.32 Å². The minimum Gasteiger partial charge on any atom is -0.465 e. The summed E-state index contributed by atoms with van der Waals surface area (Å²) in [6.07, 6.45) is 2.02. The first-order chi connectivity index (χ1) is 12.5. The van der Waals surface area contributed by atoms with E-state index >= 15 is 0 Å². The number of rotatable bonds is 4. The molecule has 0 atom stereocenters. The van der Waals surface area contributed by atoms with Crippen LogP contribution in [-0.2, 0) is 4.74 Å². The quantitative estimate of drug-likeness (QED) is 0.827. The van der Waals surface area contributed by atoms with Gasteiger partial charge in [-0.3, -0.25) is 4.79 Å². The number of nitrogens with zero attached hydrogens (tertiary/aromatic N) is 3. The van der Waals surface area contributed by atoms with Gasteiger partial charge in [0.05, 0.1) is 23.4 Å². The van der Waals surface area contributed by atoms with Crippen LogP contribution in [0.25, 0.3) is 0 Å². The number of esters is 1. The van der Waals surface area contributed by atoms with Crippen LogP contribution >= 0.6 is 11.6 Å². The number of methoxy groups -OCH3 is 1. The molecule has 1 N–H and O–H groups in total. The van der Waals surface area contributed by atoms with Gasteiger partial charge in [-0.05, 0) is 44.0 Å². The molecule has 1 fully saturated rings. The summed E-state index contributed by atoms with van der Waals surface area (Å²) in [5.74, 6) is -0.332. The molecule has 1 aliphatic heterocycles. The number of aromatic nitrogens is 2. The van der Waals surface area contributed by atoms with Gasteiger partial charge in [0.25, 0.3) is 5.91 Å². The van der Waals surface area contributed by atoms with Gasteiger partial charge in [0, 0.05) is 18.8 Å². The van der Waals surface area contributed by atoms with Crippen molar-refractivity contribution in [2.24, 2.45) is 0 Å². The SMILES string of the molecule is COC(=O)c1ccc(Cl)c(Nc2nc(C)cc(C(=O)N3CCCC3)n2)c1. The van der Waals surface area contributed by atoms with E-state index in [-0.39, 0.29) is 11.9 Å². The summed E-state index contributed by atoms with van der Waals surface area (Å²) in [7, 11) is 1.31. The van der Waals surface area contributed by atoms with Gasteiger partial charge in [-0.25, -0.2) is 14.8 Å². The Balaban J connectivity index is 1.88. The van der Waals surface area contributed by atoms with E-state index in [0.717, 1.165) is 25.9 Å². The zero-order chi connectivity index (χ0) is 18.7. The van der Waals surface area contributed by atoms with Gasteiger partial charge >= 0.3 is 5.97 Å². The molecule has 0 aliphatic carbocycles. The first-order valence-corrected chi connectivity index (χ1v) is 8.65. The summed E-state index contributed by atoms with van der Waals surface area (Å²) >= 11 is 6.19. The first-order valence-electron chi connectivity index (χ1n) is 8.28. The van der Waals surface area contributed by atoms with E-state index in [2.05, 4.69) is 15.3 Å². The highest BCUT2D eigenvalue weighted by Gasteiger charge is 2.21. The van der Waals surface area contributed by atoms with Crippen LogP contribution in [0, 0.1) is 6.92 Å². The molecule has 2 heterocycles. The van der Waals surface area contributed by atoms with Crippen molar-refractivity contribution in [1.29, 1.82) is 0 Å². The number of amides is 1. The molecule has 0 bridgehead atoms. The lowest BCUT2D eigenvalue weighted by atomic mass is 10.2. The largest absolute Gasteiger partial charge is 0.465 e. The molecule has 0 spiro atoms. The number of halogens is 1. The number of aryl methyl sites for hydroxylation is 1. The van der Waals surface area contributed by atoms with Crippen molar-refractivity contribution in [2.75, 3.05) is 25.5 Å². The number of carbonyl (C=O) groups is 2. The summed E-state index contributed by atoms with van der Waals surface area (Å²) in [5, 5.41) is 3.38. The molecule has 136 valence electrons. The zero-order valence-corrected chi connectivity index (χ0v) is 15.3. The van der Waals surface area contributed by atoms with Crippen LogP contribution in [0.3, 0.4) is 0 Å². The Labute approximate surface area is 156 Å². The normalized spacial score (nSPS) is 13.6. The number of carbonyl (C=O) groups excluding carboxylic acids is 2. The molecule has 1 aromatic carbocycles. The Morgan fingerprint density at radius 3 is 2.62 bits per heavy atom. The van der Waals surface area contributed by atoms with Crippen molar-refractivity contribution in [1.82, 2.24) is 14.9 Å². The Bertz CT molecular complexity index is 850. The Hall–Kier alpha value is -2.67. The maximum absolute atomic E-state index is 12.6. The van der Waals surface area contributed by atoms with E-state index in [4.69, 9.17) is 16.3 Å². The second-order valence-corrected chi connectivity index (χ2v) is 6.44. The van der Waals surface area contributed by atoms with Crippen molar-refractivity contribution in [3.05, 3.63) is 46.2 Å². The summed E-state index contributed by atoms with van der Waals surface area (Å²) < 4.78 is 4.72. The van der Waals surface area contributed by atoms with Crippen LogP contribution in [0.15, 0.2) is 24.3 Å². The molecule has 1 saturated heterocycles. The highest BCUT2D eigenvalue weighted by Crippen LogP contribution is 2.26. The van der Waals surface area contributed by atoms with Crippen molar-refractivity contribution < 1.29 is 14.3 Å². The minimum atomic E-state index is -0.472. The number of hydrogen-bond donors (Lipinski definition) is 1. The van der Waals surface area contributed by atoms with Crippen molar-refractivity contribution in [3.63, 3.8) is 0 Å². The molecular weight excluding hydrogens is 356 g/mol. The summed E-state index contributed by atoms with van der Waals surface area (Å²) in [6, 6.07) is 6.38. The average molecular weight is 375 g/mol. The molecule has 2 aromatic rings. The number of nitrogens with one attached hydrogen (secondary N) is 1. The lowest BCUT2D eigenvalue weighted by Gasteiger charge is -2.16. The number of benzene rings is 1. The molecule has 0 radical (unpaired) electrons. The van der Waals surface area contributed by atoms with Gasteiger partial charge in [-0.15, -0.1) is 0 Å². The van der Waals surface area contributed by atoms with E-state index in [9.17, 15) is 9.59 Å². The fourth-order valence-corrected chi connectivity index (χ4v) is 2.97. The van der Waals surface area contributed by atoms with E-state index < -0.39 is 5.97 Å². The average Bonchev–Trinajstić information content (AvgIpc) is 3.16. The molecule has 3 rings (SSSR count). The molecule has 1 amide bonds. The van der Waals surface area contributed by atoms with Gasteiger partial charge in [0.15, 0.2) is 0 Å². The molecule has 1 aliphatic rings. The molecule has 26 heavy (non-hydrogen) atoms. The van der Waals surface area contributed by atoms with Crippen LogP contribution in [0.4, 0.5) is 11.6 Å². The van der Waals surface area contributed by atoms with Gasteiger partial charge in [0.1, 0.15) is 5.69 Å². The van der Waals surface area contributed by atoms with E-state index in [0.29, 0.717) is 27.7 Å². The summed E-state index contributed by atoms with van der Waals surface area (Å²) in [6.45, 7) is 3.29. The van der Waals surface area contributed by atoms with E-state index in [1.807, 2.05) is 0 Å². The fraction of sp³-hybridized carbons (Fsp3) is 0.333. The van der Waals surface area contributed by atoms with Crippen LogP contribution in [-0.4, -0.2) is 46.9 Å². The van der Waals surface area contributed by atoms with Gasteiger partial charge < -0.3 is 15.0 Å². The molecular formula is C18H19ClN4O3. The summed E-state index contributed by atoms with van der Waals surface area (Å²) in [4.78, 5) is 34.7. The maximum Gasteiger partial charge on any atom is 0.337 e. The second kappa shape index (κ2) is 7.70. The number of likely N-dealkylation sites (tertiary alicyclic amines) is 1. The maximum atomic E-state index is 12.6. The van der Waals surface area contributed by atoms with Crippen molar-refractivity contribution in [3.8, 4) is 0 Å². The predicted molar refractivity (Wildman–Crippen MR) is 98.0 cm³/mol. The van der Waals surface area contributed by atoms with Gasteiger partial charge in [-0.1, -0.05) is 11.6 Å². The molecule has 0 unspecified atom stereocenters. The monoisotopic (exact) mass is 374 g/mol. The van der Waals surface area contributed by atoms with Crippen molar-refractivity contribution in [2.45, 2.75) is 19.8 Å². The minimum absolute atomic E-state index is 0.106. The lowest BCUT2D eigenvalue weighted by Crippen LogP contribution is -2.28. The Kier molecular flexibility index (Phi) is 5.37.